The van der Waals surface area contributed by atoms with Crippen LogP contribution in [0, 0.1) is 6.92 Å². The Hall–Kier alpha value is -2.03. The second kappa shape index (κ2) is 9.45. The number of ether oxygens (including phenoxy) is 1. The molecule has 6 nitrogen and oxygen atoms in total. The molecule has 0 aromatic heterocycles. The van der Waals surface area contributed by atoms with E-state index >= 15 is 0 Å². The van der Waals surface area contributed by atoms with E-state index in [1.165, 1.54) is 11.8 Å². The van der Waals surface area contributed by atoms with Gasteiger partial charge in [-0.15, -0.1) is 0 Å². The lowest BCUT2D eigenvalue weighted by Gasteiger charge is -2.27. The monoisotopic (exact) mass is 492 g/mol. The number of hydrogen-bond donors (Lipinski definition) is 0. The molecule has 2 aromatic rings. The molecule has 4 rings (SSSR count). The van der Waals surface area contributed by atoms with Gasteiger partial charge in [0.15, 0.2) is 20.8 Å². The number of hydrogen-bond acceptors (Lipinski definition) is 5. The van der Waals surface area contributed by atoms with E-state index in [0.29, 0.717) is 33.8 Å². The van der Waals surface area contributed by atoms with Gasteiger partial charge in [0, 0.05) is 16.7 Å². The Bertz CT molecular complexity index is 1170. The molecule has 32 heavy (non-hydrogen) atoms. The van der Waals surface area contributed by atoms with E-state index in [9.17, 15) is 13.2 Å². The number of sulfone groups is 1. The number of aliphatic imine (C=N–C) groups is 1. The van der Waals surface area contributed by atoms with Gasteiger partial charge in [-0.2, -0.15) is 4.99 Å². The Labute approximate surface area is 197 Å². The summed E-state index contributed by atoms with van der Waals surface area (Å²) < 4.78 is 30.9. The predicted octanol–water partition coefficient (Wildman–Crippen LogP) is 5.23. The Kier molecular flexibility index (Phi) is 6.83. The fourth-order valence-corrected chi connectivity index (χ4v) is 8.00. The van der Waals surface area contributed by atoms with Crippen molar-refractivity contribution in [2.24, 2.45) is 4.99 Å². The van der Waals surface area contributed by atoms with Gasteiger partial charge in [0.1, 0.15) is 5.75 Å². The maximum absolute atomic E-state index is 12.5. The highest BCUT2D eigenvalue weighted by Crippen LogP contribution is 2.45. The smallest absolute Gasteiger partial charge is 0.248 e. The molecule has 2 fully saturated rings. The van der Waals surface area contributed by atoms with Crippen molar-refractivity contribution in [3.63, 3.8) is 0 Å². The lowest BCUT2D eigenvalue weighted by molar-refractivity contribution is -0.117. The van der Waals surface area contributed by atoms with Crippen molar-refractivity contribution in [1.29, 1.82) is 0 Å². The fourth-order valence-electron chi connectivity index (χ4n) is 3.91. The maximum Gasteiger partial charge on any atom is 0.248 e. The molecule has 0 unspecified atom stereocenters. The Morgan fingerprint density at radius 3 is 2.81 bits per heavy atom. The number of rotatable bonds is 6. The van der Waals surface area contributed by atoms with Gasteiger partial charge in [0.2, 0.25) is 5.91 Å². The van der Waals surface area contributed by atoms with Crippen LogP contribution >= 0.6 is 23.4 Å². The molecule has 0 aliphatic carbocycles. The van der Waals surface area contributed by atoms with Gasteiger partial charge in [-0.1, -0.05) is 48.8 Å². The Morgan fingerprint density at radius 2 is 2.06 bits per heavy atom. The minimum atomic E-state index is -3.18. The summed E-state index contributed by atoms with van der Waals surface area (Å²) in [7, 11) is -3.18. The van der Waals surface area contributed by atoms with Gasteiger partial charge in [-0.3, -0.25) is 4.79 Å². The number of halogens is 1. The Morgan fingerprint density at radius 1 is 1.25 bits per heavy atom. The van der Waals surface area contributed by atoms with Gasteiger partial charge in [-0.25, -0.2) is 8.42 Å². The summed E-state index contributed by atoms with van der Waals surface area (Å²) in [5.41, 5.74) is 1.67. The number of amidine groups is 1. The van der Waals surface area contributed by atoms with Crippen LogP contribution in [-0.4, -0.2) is 42.3 Å². The number of carbonyl (C=O) groups excluding carboxylic acids is 1. The summed E-state index contributed by atoms with van der Waals surface area (Å²) in [5.74, 6) is 1.05. The molecule has 2 aliphatic rings. The molecule has 0 radical (unpaired) electrons. The molecular formula is C23H25ClN2O4S2. The number of nitrogens with zero attached hydrogens (tertiary/aromatic N) is 2. The molecule has 1 amide bonds. The largest absolute Gasteiger partial charge is 0.455 e. The molecular weight excluding hydrogens is 468 g/mol. The highest BCUT2D eigenvalue weighted by Gasteiger charge is 2.50. The number of carbonyl (C=O) groups is 1. The van der Waals surface area contributed by atoms with E-state index in [1.807, 2.05) is 43.0 Å². The zero-order valence-corrected chi connectivity index (χ0v) is 20.3. The third kappa shape index (κ3) is 5.13. The summed E-state index contributed by atoms with van der Waals surface area (Å²) in [6, 6.07) is 12.6. The first-order valence-electron chi connectivity index (χ1n) is 10.6. The van der Waals surface area contributed by atoms with Crippen molar-refractivity contribution in [3.05, 3.63) is 53.1 Å². The number of aryl methyl sites for hydroxylation is 1. The van der Waals surface area contributed by atoms with Crippen LogP contribution in [0.2, 0.25) is 5.02 Å². The summed E-state index contributed by atoms with van der Waals surface area (Å²) >= 11 is 7.68. The van der Waals surface area contributed by atoms with Crippen LogP contribution in [0.1, 0.15) is 31.7 Å². The number of benzene rings is 2. The van der Waals surface area contributed by atoms with Crippen molar-refractivity contribution in [3.8, 4) is 11.5 Å². The zero-order chi connectivity index (χ0) is 22.9. The van der Waals surface area contributed by atoms with Crippen molar-refractivity contribution in [2.45, 2.75) is 44.4 Å². The molecule has 2 saturated heterocycles. The number of fused-ring (bicyclic) bond motifs is 1. The van der Waals surface area contributed by atoms with Gasteiger partial charge in [0.25, 0.3) is 0 Å². The first kappa shape index (κ1) is 23.1. The number of thioether (sulfide) groups is 1. The summed E-state index contributed by atoms with van der Waals surface area (Å²) in [6.45, 7) is 4.00. The van der Waals surface area contributed by atoms with Crippen molar-refractivity contribution < 1.29 is 17.9 Å². The van der Waals surface area contributed by atoms with Crippen molar-refractivity contribution in [2.75, 3.05) is 16.4 Å². The second-order valence-electron chi connectivity index (χ2n) is 8.09. The predicted molar refractivity (Wildman–Crippen MR) is 131 cm³/mol. The minimum absolute atomic E-state index is 0.00321. The van der Waals surface area contributed by atoms with Gasteiger partial charge in [-0.05, 0) is 49.2 Å². The molecule has 2 aromatic carbocycles. The Balaban J connectivity index is 1.76. The van der Waals surface area contributed by atoms with Crippen LogP contribution in [0.25, 0.3) is 0 Å². The molecule has 2 aliphatic heterocycles. The summed E-state index contributed by atoms with van der Waals surface area (Å²) in [4.78, 5) is 18.7. The number of amides is 1. The molecule has 170 valence electrons. The molecule has 2 heterocycles. The van der Waals surface area contributed by atoms with E-state index in [4.69, 9.17) is 16.3 Å². The quantitative estimate of drug-likeness (QED) is 0.549. The first-order valence-corrected chi connectivity index (χ1v) is 13.7. The second-order valence-corrected chi connectivity index (χ2v) is 11.9. The number of anilines is 1. The molecule has 9 heteroatoms. The average Bonchev–Trinajstić information content (AvgIpc) is 3.18. The normalized spacial score (nSPS) is 22.8. The molecule has 0 spiro atoms. The molecule has 0 bridgehead atoms. The fraction of sp³-hybridized carbons (Fsp3) is 0.391. The summed E-state index contributed by atoms with van der Waals surface area (Å²) in [6.07, 6.45) is 2.03. The van der Waals surface area contributed by atoms with Gasteiger partial charge >= 0.3 is 0 Å². The highest BCUT2D eigenvalue weighted by atomic mass is 35.5. The molecule has 0 N–H and O–H groups in total. The van der Waals surface area contributed by atoms with Crippen LogP contribution in [0.4, 0.5) is 5.69 Å². The van der Waals surface area contributed by atoms with Gasteiger partial charge in [0.05, 0.1) is 23.2 Å². The summed E-state index contributed by atoms with van der Waals surface area (Å²) in [5, 5.41) is 0.804. The van der Waals surface area contributed by atoms with Crippen LogP contribution in [0.15, 0.2) is 47.5 Å². The van der Waals surface area contributed by atoms with E-state index in [0.717, 1.165) is 18.4 Å². The third-order valence-electron chi connectivity index (χ3n) is 5.43. The van der Waals surface area contributed by atoms with Gasteiger partial charge < -0.3 is 9.64 Å². The van der Waals surface area contributed by atoms with Crippen LogP contribution < -0.4 is 9.64 Å². The first-order chi connectivity index (χ1) is 15.3. The standard InChI is InChI=1S/C23H25ClN2O4S2/c1-3-4-8-22(27)25-23-26(19-13-32(28,29)14-21(19)31-23)18-12-16(24)9-10-20(18)30-17-7-5-6-15(2)11-17/h5-7,9-12,19,21H,3-4,8,13-14H2,1-2H3/t19-,21+/m1/s1. The average molecular weight is 493 g/mol. The number of unbranched alkanes of at least 4 members (excludes halogenated alkanes) is 1. The van der Waals surface area contributed by atoms with Crippen molar-refractivity contribution >= 4 is 50.0 Å². The molecule has 2 atom stereocenters. The lowest BCUT2D eigenvalue weighted by atomic mass is 10.2. The lowest BCUT2D eigenvalue weighted by Crippen LogP contribution is -2.38. The molecule has 0 saturated carbocycles. The van der Waals surface area contributed by atoms with Crippen LogP contribution in [-0.2, 0) is 14.6 Å². The van der Waals surface area contributed by atoms with E-state index in [2.05, 4.69) is 4.99 Å². The zero-order valence-electron chi connectivity index (χ0n) is 18.0. The van der Waals surface area contributed by atoms with E-state index in [-0.39, 0.29) is 28.7 Å². The minimum Gasteiger partial charge on any atom is -0.455 e. The maximum atomic E-state index is 12.5. The van der Waals surface area contributed by atoms with E-state index < -0.39 is 9.84 Å². The highest BCUT2D eigenvalue weighted by molar-refractivity contribution is 8.16. The van der Waals surface area contributed by atoms with Crippen LogP contribution in [0.3, 0.4) is 0 Å². The SMILES string of the molecule is CCCCC(=O)N=C1S[C@H]2CS(=O)(=O)C[C@H]2N1c1cc(Cl)ccc1Oc1cccc(C)c1. The van der Waals surface area contributed by atoms with Crippen molar-refractivity contribution in [1.82, 2.24) is 0 Å². The van der Waals surface area contributed by atoms with Crippen LogP contribution in [0.5, 0.6) is 11.5 Å². The third-order valence-corrected chi connectivity index (χ3v) is 8.87. The topological polar surface area (TPSA) is 76.0 Å². The van der Waals surface area contributed by atoms with E-state index in [1.54, 1.807) is 18.2 Å².